The highest BCUT2D eigenvalue weighted by atomic mass is 16.5. The molecular formula is C15H16N4O5. The van der Waals surface area contributed by atoms with Gasteiger partial charge in [-0.3, -0.25) is 14.6 Å². The number of benzene rings is 1. The maximum Gasteiger partial charge on any atom is 0.355 e. The van der Waals surface area contributed by atoms with E-state index in [1.54, 1.807) is 12.1 Å². The normalized spacial score (nSPS) is 10.1. The average molecular weight is 332 g/mol. The summed E-state index contributed by atoms with van der Waals surface area (Å²) in [5, 5.41) is 2.56. The number of aromatic amines is 2. The number of H-pyrrole nitrogens is 2. The zero-order valence-electron chi connectivity index (χ0n) is 13.1. The van der Waals surface area contributed by atoms with E-state index in [0.717, 1.165) is 11.8 Å². The Kier molecular flexibility index (Phi) is 5.15. The van der Waals surface area contributed by atoms with E-state index in [0.29, 0.717) is 5.69 Å². The van der Waals surface area contributed by atoms with Gasteiger partial charge in [-0.1, -0.05) is 0 Å². The lowest BCUT2D eigenvalue weighted by Crippen LogP contribution is -2.27. The molecule has 9 heteroatoms. The number of carbonyl (C=O) groups is 2. The van der Waals surface area contributed by atoms with Crippen molar-refractivity contribution in [3.63, 3.8) is 0 Å². The van der Waals surface area contributed by atoms with Gasteiger partial charge in [0.1, 0.15) is 5.69 Å². The van der Waals surface area contributed by atoms with Crippen molar-refractivity contribution in [2.75, 3.05) is 30.9 Å². The van der Waals surface area contributed by atoms with Crippen LogP contribution in [0.15, 0.2) is 39.9 Å². The second-order valence-electron chi connectivity index (χ2n) is 5.07. The Morgan fingerprint density at radius 3 is 2.38 bits per heavy atom. The van der Waals surface area contributed by atoms with Crippen LogP contribution in [0.2, 0.25) is 0 Å². The van der Waals surface area contributed by atoms with Gasteiger partial charge in [0.25, 0.3) is 11.5 Å². The standard InChI is InChI=1S/C15H16N4O5/c1-19(2)10-5-3-9(4-6-10)16-13(21)8-24-14(22)11-7-12(20)18-15(23)17-11/h3-7H,8H2,1-2H3,(H,16,21)(H2,17,18,20,23). The van der Waals surface area contributed by atoms with Gasteiger partial charge in [-0.15, -0.1) is 0 Å². The molecule has 2 aromatic rings. The molecule has 1 heterocycles. The van der Waals surface area contributed by atoms with E-state index in [9.17, 15) is 19.2 Å². The summed E-state index contributed by atoms with van der Waals surface area (Å²) in [6.45, 7) is -0.552. The predicted octanol–water partition coefficient (Wildman–Crippen LogP) is -0.0753. The number of esters is 1. The molecule has 1 aromatic heterocycles. The maximum absolute atomic E-state index is 11.8. The van der Waals surface area contributed by atoms with Crippen LogP contribution in [0, 0.1) is 0 Å². The van der Waals surface area contributed by atoms with E-state index in [1.165, 1.54) is 0 Å². The third-order valence-corrected chi connectivity index (χ3v) is 2.98. The van der Waals surface area contributed by atoms with Gasteiger partial charge in [-0.05, 0) is 24.3 Å². The van der Waals surface area contributed by atoms with E-state index < -0.39 is 29.7 Å². The topological polar surface area (TPSA) is 124 Å². The number of nitrogens with one attached hydrogen (secondary N) is 3. The number of rotatable bonds is 5. The Bertz CT molecular complexity index is 823. The van der Waals surface area contributed by atoms with Gasteiger partial charge in [-0.2, -0.15) is 0 Å². The van der Waals surface area contributed by atoms with Gasteiger partial charge in [0.15, 0.2) is 6.61 Å². The predicted molar refractivity (Wildman–Crippen MR) is 87.4 cm³/mol. The highest BCUT2D eigenvalue weighted by molar-refractivity contribution is 5.94. The third kappa shape index (κ3) is 4.57. The molecule has 0 aliphatic heterocycles. The van der Waals surface area contributed by atoms with Crippen LogP contribution in [0.3, 0.4) is 0 Å². The summed E-state index contributed by atoms with van der Waals surface area (Å²) < 4.78 is 4.75. The smallest absolute Gasteiger partial charge is 0.355 e. The van der Waals surface area contributed by atoms with Crippen molar-refractivity contribution in [1.29, 1.82) is 0 Å². The van der Waals surface area contributed by atoms with Gasteiger partial charge in [0, 0.05) is 31.5 Å². The molecule has 0 aliphatic carbocycles. The molecule has 0 saturated carbocycles. The van der Waals surface area contributed by atoms with Crippen molar-refractivity contribution >= 4 is 23.3 Å². The molecule has 0 saturated heterocycles. The number of hydrogen-bond donors (Lipinski definition) is 3. The van der Waals surface area contributed by atoms with Crippen molar-refractivity contribution in [3.05, 3.63) is 56.9 Å². The largest absolute Gasteiger partial charge is 0.451 e. The molecule has 0 bridgehead atoms. The van der Waals surface area contributed by atoms with Crippen molar-refractivity contribution in [2.45, 2.75) is 0 Å². The highest BCUT2D eigenvalue weighted by Gasteiger charge is 2.12. The van der Waals surface area contributed by atoms with E-state index in [2.05, 4.69) is 10.3 Å². The average Bonchev–Trinajstić information content (AvgIpc) is 2.52. The number of aromatic nitrogens is 2. The minimum Gasteiger partial charge on any atom is -0.451 e. The Labute approximate surface area is 136 Å². The molecule has 9 nitrogen and oxygen atoms in total. The van der Waals surface area contributed by atoms with Gasteiger partial charge in [-0.25, -0.2) is 9.59 Å². The first-order valence-corrected chi connectivity index (χ1v) is 6.93. The summed E-state index contributed by atoms with van der Waals surface area (Å²) in [5.41, 5.74) is -0.383. The molecule has 0 atom stereocenters. The minimum absolute atomic E-state index is 0.327. The maximum atomic E-state index is 11.8. The quantitative estimate of drug-likeness (QED) is 0.658. The molecule has 0 radical (unpaired) electrons. The second-order valence-corrected chi connectivity index (χ2v) is 5.07. The van der Waals surface area contributed by atoms with Crippen LogP contribution in [0.5, 0.6) is 0 Å². The Morgan fingerprint density at radius 1 is 1.12 bits per heavy atom. The van der Waals surface area contributed by atoms with Gasteiger partial charge in [0.2, 0.25) is 0 Å². The van der Waals surface area contributed by atoms with Gasteiger partial charge in [0.05, 0.1) is 0 Å². The first-order valence-electron chi connectivity index (χ1n) is 6.93. The Balaban J connectivity index is 1.91. The SMILES string of the molecule is CN(C)c1ccc(NC(=O)COC(=O)c2cc(=O)[nH]c(=O)[nH]2)cc1. The summed E-state index contributed by atoms with van der Waals surface area (Å²) in [5.74, 6) is -1.52. The number of anilines is 2. The molecule has 2 rings (SSSR count). The van der Waals surface area contributed by atoms with Crippen LogP contribution in [-0.4, -0.2) is 42.5 Å². The number of ether oxygens (including phenoxy) is 1. The lowest BCUT2D eigenvalue weighted by Gasteiger charge is -2.13. The van der Waals surface area contributed by atoms with E-state index in [4.69, 9.17) is 4.74 Å². The molecule has 0 aliphatic rings. The zero-order chi connectivity index (χ0) is 17.7. The molecule has 0 unspecified atom stereocenters. The first kappa shape index (κ1) is 17.0. The van der Waals surface area contributed by atoms with Gasteiger partial charge < -0.3 is 19.9 Å². The van der Waals surface area contributed by atoms with Crippen molar-refractivity contribution < 1.29 is 14.3 Å². The number of hydrogen-bond acceptors (Lipinski definition) is 6. The van der Waals surface area contributed by atoms with Crippen molar-refractivity contribution in [2.24, 2.45) is 0 Å². The fraction of sp³-hybridized carbons (Fsp3) is 0.200. The Morgan fingerprint density at radius 2 is 1.79 bits per heavy atom. The molecule has 0 spiro atoms. The molecular weight excluding hydrogens is 316 g/mol. The van der Waals surface area contributed by atoms with Crippen molar-refractivity contribution in [3.8, 4) is 0 Å². The lowest BCUT2D eigenvalue weighted by molar-refractivity contribution is -0.119. The summed E-state index contributed by atoms with van der Waals surface area (Å²) in [6.07, 6.45) is 0. The fourth-order valence-electron chi connectivity index (χ4n) is 1.83. The fourth-order valence-corrected chi connectivity index (χ4v) is 1.83. The van der Waals surface area contributed by atoms with Crippen LogP contribution >= 0.6 is 0 Å². The minimum atomic E-state index is -0.976. The van der Waals surface area contributed by atoms with E-state index in [-0.39, 0.29) is 5.69 Å². The summed E-state index contributed by atoms with van der Waals surface area (Å²) in [6, 6.07) is 7.94. The van der Waals surface area contributed by atoms with Crippen LogP contribution < -0.4 is 21.5 Å². The lowest BCUT2D eigenvalue weighted by atomic mass is 10.2. The summed E-state index contributed by atoms with van der Waals surface area (Å²) in [7, 11) is 3.79. The summed E-state index contributed by atoms with van der Waals surface area (Å²) in [4.78, 5) is 51.6. The number of nitrogens with zero attached hydrogens (tertiary/aromatic N) is 1. The monoisotopic (exact) mass is 332 g/mol. The van der Waals surface area contributed by atoms with E-state index in [1.807, 2.05) is 36.1 Å². The number of carbonyl (C=O) groups excluding carboxylic acids is 2. The summed E-state index contributed by atoms with van der Waals surface area (Å²) >= 11 is 0. The van der Waals surface area contributed by atoms with Crippen LogP contribution in [-0.2, 0) is 9.53 Å². The molecule has 0 fully saturated rings. The molecule has 24 heavy (non-hydrogen) atoms. The Hall–Kier alpha value is -3.36. The van der Waals surface area contributed by atoms with Crippen molar-refractivity contribution in [1.82, 2.24) is 9.97 Å². The van der Waals surface area contributed by atoms with Crippen LogP contribution in [0.25, 0.3) is 0 Å². The first-order chi connectivity index (χ1) is 11.3. The third-order valence-electron chi connectivity index (χ3n) is 2.98. The molecule has 1 aromatic carbocycles. The van der Waals surface area contributed by atoms with Crippen LogP contribution in [0.4, 0.5) is 11.4 Å². The van der Waals surface area contributed by atoms with E-state index >= 15 is 0 Å². The molecule has 1 amide bonds. The second kappa shape index (κ2) is 7.27. The highest BCUT2D eigenvalue weighted by Crippen LogP contribution is 2.15. The van der Waals surface area contributed by atoms with Gasteiger partial charge >= 0.3 is 11.7 Å². The zero-order valence-corrected chi connectivity index (χ0v) is 13.1. The number of amides is 1. The molecule has 126 valence electrons. The molecule has 3 N–H and O–H groups in total. The van der Waals surface area contributed by atoms with Crippen LogP contribution in [0.1, 0.15) is 10.5 Å².